The molecule has 0 aromatic rings. The van der Waals surface area contributed by atoms with Gasteiger partial charge in [0, 0.05) is 13.1 Å². The summed E-state index contributed by atoms with van der Waals surface area (Å²) in [7, 11) is -1.58. The van der Waals surface area contributed by atoms with E-state index in [0.29, 0.717) is 0 Å². The van der Waals surface area contributed by atoms with Gasteiger partial charge in [0.05, 0.1) is 12.5 Å². The van der Waals surface area contributed by atoms with Gasteiger partial charge in [0.15, 0.2) is 0 Å². The van der Waals surface area contributed by atoms with Crippen molar-refractivity contribution in [3.05, 3.63) is 23.5 Å². The molecule has 1 amide bonds. The highest BCUT2D eigenvalue weighted by molar-refractivity contribution is 6.41. The van der Waals surface area contributed by atoms with Crippen LogP contribution in [0.15, 0.2) is 23.5 Å². The van der Waals surface area contributed by atoms with Gasteiger partial charge in [-0.25, -0.2) is 0 Å². The lowest BCUT2D eigenvalue weighted by Gasteiger charge is -2.45. The van der Waals surface area contributed by atoms with E-state index >= 15 is 0 Å². The molecule has 0 aromatic carbocycles. The first kappa shape index (κ1) is 22.9. The first-order chi connectivity index (χ1) is 13.4. The molecule has 1 saturated heterocycles. The summed E-state index contributed by atoms with van der Waals surface area (Å²) in [5, 5.41) is 46.7. The Morgan fingerprint density at radius 1 is 1.34 bits per heavy atom. The number of rotatable bonds is 9. The van der Waals surface area contributed by atoms with Gasteiger partial charge in [0.2, 0.25) is 5.91 Å². The fraction of sp³-hybridized carbons (Fsp3) is 0.588. The Hall–Kier alpha value is -2.41. The normalized spacial score (nSPS) is 25.5. The molecule has 2 rings (SSSR count). The molecule has 2 unspecified atom stereocenters. The Kier molecular flexibility index (Phi) is 7.06. The Morgan fingerprint density at radius 2 is 1.97 bits per heavy atom. The number of hydrogen-bond donors (Lipinski definition) is 6. The third kappa shape index (κ3) is 5.35. The molecule has 11 nitrogen and oxygen atoms in total. The van der Waals surface area contributed by atoms with Gasteiger partial charge < -0.3 is 40.7 Å². The van der Waals surface area contributed by atoms with Gasteiger partial charge in [-0.15, -0.1) is 0 Å². The summed E-state index contributed by atoms with van der Waals surface area (Å²) in [5.74, 6) is -4.84. The zero-order valence-corrected chi connectivity index (χ0v) is 15.9. The quantitative estimate of drug-likeness (QED) is 0.249. The van der Waals surface area contributed by atoms with Crippen molar-refractivity contribution in [1.29, 1.82) is 0 Å². The Bertz CT molecular complexity index is 732. The standard InChI is InChI=1S/C17H25BN2O9/c1-17(29-10-7-20(8-10)12(21)6-11(19)15(23)24)4-2-9(3-5-18(27)28)14(22)13(17)16(25)26/h2,4,10-11,13,22,27-28H,3,5-8,19H2,1H3,(H,23,24)(H,25,26)/t11-,13?,17?/m0/s1. The molecule has 0 bridgehead atoms. The SMILES string of the molecule is CC1(OC2CN(C(=O)C[C@H](N)C(=O)O)C2)C=CC(CCB(O)O)=C(O)C1C(=O)O. The lowest BCUT2D eigenvalue weighted by Crippen LogP contribution is -2.59. The molecular weight excluding hydrogens is 387 g/mol. The maximum absolute atomic E-state index is 12.0. The van der Waals surface area contributed by atoms with Crippen LogP contribution in [-0.4, -0.2) is 86.1 Å². The number of carbonyl (C=O) groups excluding carboxylic acids is 1. The summed E-state index contributed by atoms with van der Waals surface area (Å²) >= 11 is 0. The number of amides is 1. The molecule has 0 radical (unpaired) electrons. The first-order valence-electron chi connectivity index (χ1n) is 9.08. The molecule has 0 saturated carbocycles. The molecule has 0 spiro atoms. The van der Waals surface area contributed by atoms with Gasteiger partial charge in [0.1, 0.15) is 23.3 Å². The number of aliphatic carboxylic acids is 2. The molecule has 7 N–H and O–H groups in total. The number of carbonyl (C=O) groups is 3. The number of nitrogens with two attached hydrogens (primary N) is 1. The van der Waals surface area contributed by atoms with Crippen molar-refractivity contribution in [1.82, 2.24) is 4.90 Å². The van der Waals surface area contributed by atoms with E-state index in [1.165, 1.54) is 24.0 Å². The Labute approximate surface area is 167 Å². The number of ether oxygens (including phenoxy) is 1. The van der Waals surface area contributed by atoms with Crippen LogP contribution < -0.4 is 5.73 Å². The fourth-order valence-electron chi connectivity index (χ4n) is 3.35. The maximum atomic E-state index is 12.0. The molecule has 3 atom stereocenters. The topological polar surface area (TPSA) is 191 Å². The Morgan fingerprint density at radius 3 is 2.48 bits per heavy atom. The number of aliphatic hydroxyl groups is 1. The van der Waals surface area contributed by atoms with E-state index in [0.717, 1.165) is 0 Å². The molecule has 1 heterocycles. The minimum atomic E-state index is -1.58. The maximum Gasteiger partial charge on any atom is 0.451 e. The number of carboxylic acids is 2. The van der Waals surface area contributed by atoms with Gasteiger partial charge in [-0.05, 0) is 25.2 Å². The summed E-state index contributed by atoms with van der Waals surface area (Å²) < 4.78 is 5.86. The van der Waals surface area contributed by atoms with Crippen LogP contribution in [0.2, 0.25) is 6.32 Å². The summed E-state index contributed by atoms with van der Waals surface area (Å²) in [4.78, 5) is 35.9. The van der Waals surface area contributed by atoms with Crippen molar-refractivity contribution in [2.24, 2.45) is 11.7 Å². The molecule has 2 aliphatic rings. The lowest BCUT2D eigenvalue weighted by molar-refractivity contribution is -0.174. The molecule has 1 aliphatic heterocycles. The predicted octanol–water partition coefficient (Wildman–Crippen LogP) is -1.28. The average Bonchev–Trinajstić information content (AvgIpc) is 2.56. The van der Waals surface area contributed by atoms with Crippen LogP contribution in [0.5, 0.6) is 0 Å². The Balaban J connectivity index is 2.00. The zero-order chi connectivity index (χ0) is 21.9. The molecule has 29 heavy (non-hydrogen) atoms. The van der Waals surface area contributed by atoms with E-state index in [2.05, 4.69) is 0 Å². The molecular formula is C17H25BN2O9. The van der Waals surface area contributed by atoms with Crippen LogP contribution in [0, 0.1) is 5.92 Å². The summed E-state index contributed by atoms with van der Waals surface area (Å²) in [6.45, 7) is 1.80. The van der Waals surface area contributed by atoms with Gasteiger partial charge in [-0.1, -0.05) is 12.2 Å². The average molecular weight is 412 g/mol. The molecule has 1 aliphatic carbocycles. The number of allylic oxidation sites excluding steroid dienone is 2. The van der Waals surface area contributed by atoms with E-state index < -0.39 is 54.4 Å². The fourth-order valence-corrected chi connectivity index (χ4v) is 3.35. The monoisotopic (exact) mass is 412 g/mol. The third-order valence-corrected chi connectivity index (χ3v) is 5.04. The van der Waals surface area contributed by atoms with Crippen molar-refractivity contribution < 1.29 is 44.5 Å². The van der Waals surface area contributed by atoms with Gasteiger partial charge in [-0.2, -0.15) is 0 Å². The number of carboxylic acid groups (broad SMARTS) is 2. The zero-order valence-electron chi connectivity index (χ0n) is 15.9. The van der Waals surface area contributed by atoms with Crippen molar-refractivity contribution in [2.75, 3.05) is 13.1 Å². The van der Waals surface area contributed by atoms with Crippen LogP contribution in [0.1, 0.15) is 19.8 Å². The van der Waals surface area contributed by atoms with E-state index in [9.17, 15) is 24.6 Å². The number of hydrogen-bond acceptors (Lipinski definition) is 8. The largest absolute Gasteiger partial charge is 0.511 e. The minimum Gasteiger partial charge on any atom is -0.511 e. The van der Waals surface area contributed by atoms with Gasteiger partial charge in [0.25, 0.3) is 0 Å². The minimum absolute atomic E-state index is 0.0637. The van der Waals surface area contributed by atoms with Crippen LogP contribution >= 0.6 is 0 Å². The van der Waals surface area contributed by atoms with Crippen LogP contribution in [0.3, 0.4) is 0 Å². The van der Waals surface area contributed by atoms with Gasteiger partial charge >= 0.3 is 19.1 Å². The van der Waals surface area contributed by atoms with Crippen molar-refractivity contribution in [3.63, 3.8) is 0 Å². The smallest absolute Gasteiger partial charge is 0.451 e. The summed E-state index contributed by atoms with van der Waals surface area (Å²) in [6.07, 6.45) is 2.16. The lowest BCUT2D eigenvalue weighted by atomic mass is 9.76. The molecule has 160 valence electrons. The number of likely N-dealkylation sites (tertiary alicyclic amines) is 1. The second-order valence-electron chi connectivity index (χ2n) is 7.41. The second-order valence-corrected chi connectivity index (χ2v) is 7.41. The van der Waals surface area contributed by atoms with Crippen molar-refractivity contribution >= 4 is 25.0 Å². The molecule has 1 fully saturated rings. The molecule has 12 heteroatoms. The number of aliphatic hydroxyl groups excluding tert-OH is 1. The number of nitrogens with zero attached hydrogens (tertiary/aromatic N) is 1. The highest BCUT2D eigenvalue weighted by atomic mass is 16.5. The van der Waals surface area contributed by atoms with Gasteiger partial charge in [-0.3, -0.25) is 14.4 Å². The van der Waals surface area contributed by atoms with E-state index in [-0.39, 0.29) is 37.8 Å². The summed E-state index contributed by atoms with van der Waals surface area (Å²) in [5.41, 5.74) is 4.24. The summed E-state index contributed by atoms with van der Waals surface area (Å²) in [6, 6.07) is -1.30. The van der Waals surface area contributed by atoms with E-state index in [1.54, 1.807) is 0 Å². The van der Waals surface area contributed by atoms with Crippen LogP contribution in [-0.2, 0) is 19.1 Å². The first-order valence-corrected chi connectivity index (χ1v) is 9.08. The van der Waals surface area contributed by atoms with E-state index in [1.807, 2.05) is 0 Å². The predicted molar refractivity (Wildman–Crippen MR) is 99.6 cm³/mol. The van der Waals surface area contributed by atoms with Crippen molar-refractivity contribution in [3.8, 4) is 0 Å². The highest BCUT2D eigenvalue weighted by Gasteiger charge is 2.48. The second kappa shape index (κ2) is 8.95. The molecule has 0 aromatic heterocycles. The van der Waals surface area contributed by atoms with Crippen LogP contribution in [0.25, 0.3) is 0 Å². The van der Waals surface area contributed by atoms with E-state index in [4.69, 9.17) is 25.6 Å². The highest BCUT2D eigenvalue weighted by Crippen LogP contribution is 2.38. The third-order valence-electron chi connectivity index (χ3n) is 5.04. The van der Waals surface area contributed by atoms with Crippen molar-refractivity contribution in [2.45, 2.75) is 43.8 Å². The van der Waals surface area contributed by atoms with Crippen LogP contribution in [0.4, 0.5) is 0 Å².